The maximum absolute atomic E-state index is 14.6. The number of halogens is 2. The molecule has 0 fully saturated rings. The van der Waals surface area contributed by atoms with Gasteiger partial charge in [-0.05, 0) is 178 Å². The van der Waals surface area contributed by atoms with Gasteiger partial charge in [-0.25, -0.2) is 8.78 Å². The maximum atomic E-state index is 14.6. The summed E-state index contributed by atoms with van der Waals surface area (Å²) in [4.78, 5) is 0. The summed E-state index contributed by atoms with van der Waals surface area (Å²) in [6.45, 7) is 0. The fourth-order valence-electron chi connectivity index (χ4n) is 12.3. The predicted octanol–water partition coefficient (Wildman–Crippen LogP) is 18.3. The molecule has 2 heteroatoms. The van der Waals surface area contributed by atoms with Crippen LogP contribution >= 0.6 is 0 Å². The molecule has 0 aliphatic heterocycles. The van der Waals surface area contributed by atoms with E-state index in [1.54, 1.807) is 24.3 Å². The van der Waals surface area contributed by atoms with E-state index in [1.165, 1.54) is 121 Å². The van der Waals surface area contributed by atoms with Crippen LogP contribution in [0, 0.1) is 11.6 Å². The third-order valence-corrected chi connectivity index (χ3v) is 14.8. The van der Waals surface area contributed by atoms with E-state index in [0.29, 0.717) is 0 Å². The first-order valence-corrected chi connectivity index (χ1v) is 22.6. The molecule has 15 rings (SSSR count). The van der Waals surface area contributed by atoms with Crippen molar-refractivity contribution in [3.63, 3.8) is 0 Å². The van der Waals surface area contributed by atoms with Crippen LogP contribution in [0.1, 0.15) is 0 Å². The van der Waals surface area contributed by atoms with Gasteiger partial charge >= 0.3 is 0 Å². The summed E-state index contributed by atoms with van der Waals surface area (Å²) in [5, 5.41) is 14.6. The Morgan fingerprint density at radius 3 is 0.727 bits per heavy atom. The Labute approximate surface area is 378 Å². The molecule has 13 aromatic rings. The molecule has 0 nitrogen and oxygen atoms in total. The number of fused-ring (bicyclic) bond motifs is 10. The van der Waals surface area contributed by atoms with Gasteiger partial charge in [0.05, 0.1) is 0 Å². The molecular weight excluding hydrogens is 807 g/mol. The van der Waals surface area contributed by atoms with E-state index in [2.05, 4.69) is 158 Å². The highest BCUT2D eigenvalue weighted by molar-refractivity contribution is 6.42. The fourth-order valence-corrected chi connectivity index (χ4v) is 12.3. The molecular formula is C64H34F2. The average Bonchev–Trinajstić information content (AvgIpc) is 3.88. The van der Waals surface area contributed by atoms with Gasteiger partial charge in [-0.3, -0.25) is 0 Å². The van der Waals surface area contributed by atoms with E-state index in [4.69, 9.17) is 0 Å². The lowest BCUT2D eigenvalue weighted by atomic mass is 9.82. The monoisotopic (exact) mass is 840 g/mol. The second kappa shape index (κ2) is 13.1. The summed E-state index contributed by atoms with van der Waals surface area (Å²) < 4.78 is 29.2. The van der Waals surface area contributed by atoms with Crippen molar-refractivity contribution in [2.24, 2.45) is 0 Å². The largest absolute Gasteiger partial charge is 0.207 e. The van der Waals surface area contributed by atoms with Crippen molar-refractivity contribution in [2.75, 3.05) is 0 Å². The Morgan fingerprint density at radius 1 is 0.182 bits per heavy atom. The lowest BCUT2D eigenvalue weighted by molar-refractivity contribution is 0.627. The molecule has 2 aliphatic rings. The third kappa shape index (κ3) is 4.60. The summed E-state index contributed by atoms with van der Waals surface area (Å²) in [6.07, 6.45) is 0. The van der Waals surface area contributed by atoms with Crippen molar-refractivity contribution in [2.45, 2.75) is 0 Å². The molecule has 0 saturated heterocycles. The zero-order valence-corrected chi connectivity index (χ0v) is 35.4. The highest BCUT2D eigenvalue weighted by Crippen LogP contribution is 2.62. The van der Waals surface area contributed by atoms with Gasteiger partial charge in [0.15, 0.2) is 0 Å². The van der Waals surface area contributed by atoms with Crippen LogP contribution in [0.25, 0.3) is 154 Å². The van der Waals surface area contributed by atoms with E-state index in [9.17, 15) is 8.78 Å². The number of hydrogen-bond acceptors (Lipinski definition) is 0. The van der Waals surface area contributed by atoms with Crippen LogP contribution in [-0.2, 0) is 0 Å². The van der Waals surface area contributed by atoms with Crippen LogP contribution < -0.4 is 0 Å². The molecule has 0 spiro atoms. The molecule has 0 bridgehead atoms. The van der Waals surface area contributed by atoms with Gasteiger partial charge in [-0.15, -0.1) is 0 Å². The summed E-state index contributed by atoms with van der Waals surface area (Å²) in [6, 6.07) is 71.9. The third-order valence-electron chi connectivity index (χ3n) is 14.8. The van der Waals surface area contributed by atoms with Gasteiger partial charge in [0.1, 0.15) is 11.6 Å². The second-order valence-corrected chi connectivity index (χ2v) is 18.0. The first-order valence-electron chi connectivity index (χ1n) is 22.6. The predicted molar refractivity (Wildman–Crippen MR) is 273 cm³/mol. The zero-order valence-electron chi connectivity index (χ0n) is 35.4. The lowest BCUT2D eigenvalue weighted by Gasteiger charge is -2.20. The van der Waals surface area contributed by atoms with Crippen molar-refractivity contribution >= 4 is 64.6 Å². The van der Waals surface area contributed by atoms with E-state index in [1.807, 2.05) is 24.3 Å². The lowest BCUT2D eigenvalue weighted by Crippen LogP contribution is -1.93. The zero-order chi connectivity index (χ0) is 43.4. The quantitative estimate of drug-likeness (QED) is 0.122. The molecule has 0 amide bonds. The van der Waals surface area contributed by atoms with Gasteiger partial charge in [0.2, 0.25) is 0 Å². The molecule has 66 heavy (non-hydrogen) atoms. The van der Waals surface area contributed by atoms with Crippen LogP contribution in [0.2, 0.25) is 0 Å². The molecule has 13 aromatic carbocycles. The van der Waals surface area contributed by atoms with Crippen molar-refractivity contribution in [3.05, 3.63) is 218 Å². The number of benzene rings is 13. The van der Waals surface area contributed by atoms with Gasteiger partial charge in [-0.2, -0.15) is 0 Å². The van der Waals surface area contributed by atoms with Crippen molar-refractivity contribution < 1.29 is 8.78 Å². The molecule has 0 heterocycles. The van der Waals surface area contributed by atoms with Crippen molar-refractivity contribution in [1.82, 2.24) is 0 Å². The summed E-state index contributed by atoms with van der Waals surface area (Å²) in [7, 11) is 0. The Balaban J connectivity index is 1.08. The standard InChI is InChI=1S/C64H34F2/c65-39-23-19-37(20-24-39)55-43-17-9-7-15-41(43)53(35-11-3-1-4-12-35)61-49-31-27-45-46-28-32-50-60-52(34-30-48(58(46)60)47-29-33-51(63(55)61)59(49)57(45)47)64-56(38-21-25-40(66)26-22-38)44-18-10-8-16-42(44)54(62(50)64)36-13-5-2-6-14-36/h1-34H. The smallest absolute Gasteiger partial charge is 0.123 e. The highest BCUT2D eigenvalue weighted by Gasteiger charge is 2.35. The highest BCUT2D eigenvalue weighted by atomic mass is 19.1. The average molecular weight is 841 g/mol. The Hall–Kier alpha value is -8.46. The van der Waals surface area contributed by atoms with Crippen LogP contribution in [0.5, 0.6) is 0 Å². The molecule has 0 radical (unpaired) electrons. The maximum Gasteiger partial charge on any atom is 0.123 e. The molecule has 0 atom stereocenters. The first-order chi connectivity index (χ1) is 32.6. The molecule has 2 aliphatic carbocycles. The van der Waals surface area contributed by atoms with Gasteiger partial charge < -0.3 is 0 Å². The van der Waals surface area contributed by atoms with E-state index < -0.39 is 0 Å². The Bertz CT molecular complexity index is 3950. The van der Waals surface area contributed by atoms with Crippen molar-refractivity contribution in [1.29, 1.82) is 0 Å². The minimum atomic E-state index is -0.245. The second-order valence-electron chi connectivity index (χ2n) is 18.0. The topological polar surface area (TPSA) is 0 Å². The van der Waals surface area contributed by atoms with Gasteiger partial charge in [0, 0.05) is 0 Å². The molecule has 0 saturated carbocycles. The SMILES string of the molecule is Fc1ccc(-c2c3c(c(-c4ccccc4)c4ccccc24)-c2ccc4c5ccc6c7c(ccc(c8ccc-3c2c48)c75)-c2c-6c(-c3ccccc3)c3ccccc3c2-c2ccc(F)cc2)cc1. The van der Waals surface area contributed by atoms with E-state index in [0.717, 1.165) is 33.0 Å². The van der Waals surface area contributed by atoms with E-state index in [-0.39, 0.29) is 11.6 Å². The number of hydrogen-bond donors (Lipinski definition) is 0. The minimum absolute atomic E-state index is 0.245. The molecule has 0 unspecified atom stereocenters. The van der Waals surface area contributed by atoms with E-state index >= 15 is 0 Å². The molecule has 0 N–H and O–H groups in total. The normalized spacial score (nSPS) is 12.4. The van der Waals surface area contributed by atoms with Crippen LogP contribution in [0.3, 0.4) is 0 Å². The van der Waals surface area contributed by atoms with Gasteiger partial charge in [0.25, 0.3) is 0 Å². The summed E-state index contributed by atoms with van der Waals surface area (Å²) >= 11 is 0. The molecule has 0 aromatic heterocycles. The van der Waals surface area contributed by atoms with Gasteiger partial charge in [-0.1, -0.05) is 182 Å². The first kappa shape index (κ1) is 35.9. The van der Waals surface area contributed by atoms with Crippen LogP contribution in [0.15, 0.2) is 206 Å². The minimum Gasteiger partial charge on any atom is -0.207 e. The Kier molecular flexibility index (Phi) is 7.11. The molecule has 304 valence electrons. The fraction of sp³-hybridized carbons (Fsp3) is 0. The summed E-state index contributed by atoms with van der Waals surface area (Å²) in [5.74, 6) is -0.491. The van der Waals surface area contributed by atoms with Crippen LogP contribution in [-0.4, -0.2) is 0 Å². The van der Waals surface area contributed by atoms with Crippen molar-refractivity contribution in [3.8, 4) is 89.0 Å². The Morgan fingerprint density at radius 2 is 0.439 bits per heavy atom. The van der Waals surface area contributed by atoms with Crippen LogP contribution in [0.4, 0.5) is 8.78 Å². The summed E-state index contributed by atoms with van der Waals surface area (Å²) in [5.41, 5.74) is 18.7. The number of rotatable bonds is 4.